The van der Waals surface area contributed by atoms with Gasteiger partial charge in [0, 0.05) is 11.7 Å². The van der Waals surface area contributed by atoms with Crippen molar-refractivity contribution in [3.63, 3.8) is 0 Å². The fourth-order valence-corrected chi connectivity index (χ4v) is 3.59. The molecule has 138 valence electrons. The van der Waals surface area contributed by atoms with Gasteiger partial charge in [-0.2, -0.15) is 0 Å². The van der Waals surface area contributed by atoms with E-state index in [1.54, 1.807) is 36.5 Å². The molecule has 0 aliphatic carbocycles. The molecule has 0 spiro atoms. The summed E-state index contributed by atoms with van der Waals surface area (Å²) in [6, 6.07) is 8.34. The molecule has 2 aromatic rings. The SMILES string of the molecule is Cc1ccc(S(=O)(=O)Nc2cncc(B3OC(C)(C)C(C)(C)O3)c2)cc1. The Kier molecular flexibility index (Phi) is 4.63. The first-order valence-electron chi connectivity index (χ1n) is 8.40. The highest BCUT2D eigenvalue weighted by atomic mass is 32.2. The summed E-state index contributed by atoms with van der Waals surface area (Å²) < 4.78 is 39.6. The first kappa shape index (κ1) is 18.9. The van der Waals surface area contributed by atoms with Crippen LogP contribution in [0.5, 0.6) is 0 Å². The molecule has 1 aromatic carbocycles. The third kappa shape index (κ3) is 3.63. The minimum atomic E-state index is -3.69. The Hall–Kier alpha value is -1.90. The third-order valence-electron chi connectivity index (χ3n) is 4.87. The summed E-state index contributed by atoms with van der Waals surface area (Å²) in [4.78, 5) is 4.33. The van der Waals surface area contributed by atoms with Gasteiger partial charge in [0.15, 0.2) is 0 Å². The van der Waals surface area contributed by atoms with Crippen molar-refractivity contribution < 1.29 is 17.7 Å². The fraction of sp³-hybridized carbons (Fsp3) is 0.389. The first-order valence-corrected chi connectivity index (χ1v) is 9.89. The Labute approximate surface area is 155 Å². The van der Waals surface area contributed by atoms with Gasteiger partial charge in [0.2, 0.25) is 0 Å². The number of aryl methyl sites for hydroxylation is 1. The van der Waals surface area contributed by atoms with Crippen LogP contribution in [0.2, 0.25) is 0 Å². The zero-order chi connectivity index (χ0) is 19.2. The minimum absolute atomic E-state index is 0.198. The maximum absolute atomic E-state index is 12.6. The van der Waals surface area contributed by atoms with Crippen molar-refractivity contribution in [1.29, 1.82) is 0 Å². The van der Waals surface area contributed by atoms with Gasteiger partial charge < -0.3 is 9.31 Å². The van der Waals surface area contributed by atoms with Crippen LogP contribution in [0, 0.1) is 6.92 Å². The number of anilines is 1. The monoisotopic (exact) mass is 374 g/mol. The van der Waals surface area contributed by atoms with E-state index < -0.39 is 28.3 Å². The Morgan fingerprint density at radius 1 is 1.00 bits per heavy atom. The number of sulfonamides is 1. The summed E-state index contributed by atoms with van der Waals surface area (Å²) in [7, 11) is -4.29. The molecule has 1 fully saturated rings. The van der Waals surface area contributed by atoms with Gasteiger partial charge in [-0.05, 0) is 52.8 Å². The first-order chi connectivity index (χ1) is 12.0. The van der Waals surface area contributed by atoms with Gasteiger partial charge in [-0.15, -0.1) is 0 Å². The second kappa shape index (κ2) is 6.37. The number of hydrogen-bond acceptors (Lipinski definition) is 5. The van der Waals surface area contributed by atoms with E-state index in [1.807, 2.05) is 34.6 Å². The van der Waals surface area contributed by atoms with Crippen LogP contribution < -0.4 is 10.2 Å². The maximum atomic E-state index is 12.6. The molecule has 1 aromatic heterocycles. The second-order valence-corrected chi connectivity index (χ2v) is 9.20. The highest BCUT2D eigenvalue weighted by Gasteiger charge is 2.51. The molecule has 2 heterocycles. The molecule has 0 radical (unpaired) electrons. The summed E-state index contributed by atoms with van der Waals surface area (Å²) in [5.41, 5.74) is 1.06. The fourth-order valence-electron chi connectivity index (χ4n) is 2.55. The van der Waals surface area contributed by atoms with Gasteiger partial charge in [0.05, 0.1) is 28.0 Å². The number of nitrogens with zero attached hydrogens (tertiary/aromatic N) is 1. The van der Waals surface area contributed by atoms with Crippen molar-refractivity contribution in [3.05, 3.63) is 48.3 Å². The number of benzene rings is 1. The predicted molar refractivity (Wildman–Crippen MR) is 102 cm³/mol. The molecule has 1 aliphatic rings. The average molecular weight is 374 g/mol. The Morgan fingerprint density at radius 3 is 2.15 bits per heavy atom. The number of hydrogen-bond donors (Lipinski definition) is 1. The lowest BCUT2D eigenvalue weighted by atomic mass is 9.80. The molecule has 6 nitrogen and oxygen atoms in total. The van der Waals surface area contributed by atoms with Gasteiger partial charge in [0.25, 0.3) is 10.0 Å². The number of rotatable bonds is 4. The molecule has 1 aliphatic heterocycles. The molecule has 26 heavy (non-hydrogen) atoms. The normalized spacial score (nSPS) is 18.7. The van der Waals surface area contributed by atoms with E-state index in [9.17, 15) is 8.42 Å². The summed E-state index contributed by atoms with van der Waals surface area (Å²) in [6.07, 6.45) is 3.08. The van der Waals surface area contributed by atoms with Crippen LogP contribution in [-0.4, -0.2) is 31.7 Å². The lowest BCUT2D eigenvalue weighted by Crippen LogP contribution is -2.41. The zero-order valence-corrected chi connectivity index (χ0v) is 16.4. The lowest BCUT2D eigenvalue weighted by molar-refractivity contribution is 0.00578. The van der Waals surface area contributed by atoms with E-state index in [0.29, 0.717) is 11.2 Å². The molecule has 0 amide bonds. The molecule has 0 saturated carbocycles. The van der Waals surface area contributed by atoms with Crippen LogP contribution in [0.3, 0.4) is 0 Å². The molecule has 1 N–H and O–H groups in total. The van der Waals surface area contributed by atoms with Crippen molar-refractivity contribution in [1.82, 2.24) is 4.98 Å². The number of pyridine rings is 1. The number of aromatic nitrogens is 1. The highest BCUT2D eigenvalue weighted by molar-refractivity contribution is 7.92. The molecule has 0 atom stereocenters. The molecule has 3 rings (SSSR count). The van der Waals surface area contributed by atoms with Crippen molar-refractivity contribution >= 4 is 28.3 Å². The molecule has 1 saturated heterocycles. The summed E-state index contributed by atoms with van der Waals surface area (Å²) >= 11 is 0. The smallest absolute Gasteiger partial charge is 0.399 e. The minimum Gasteiger partial charge on any atom is -0.399 e. The van der Waals surface area contributed by atoms with E-state index in [2.05, 4.69) is 9.71 Å². The Balaban J connectivity index is 1.83. The second-order valence-electron chi connectivity index (χ2n) is 7.51. The van der Waals surface area contributed by atoms with Crippen LogP contribution >= 0.6 is 0 Å². The van der Waals surface area contributed by atoms with Gasteiger partial charge in [0.1, 0.15) is 0 Å². The topological polar surface area (TPSA) is 77.5 Å². The van der Waals surface area contributed by atoms with E-state index in [-0.39, 0.29) is 4.90 Å². The Bertz CT molecular complexity index is 895. The summed E-state index contributed by atoms with van der Waals surface area (Å²) in [5.74, 6) is 0. The summed E-state index contributed by atoms with van der Waals surface area (Å²) in [6.45, 7) is 9.76. The zero-order valence-electron chi connectivity index (χ0n) is 15.6. The van der Waals surface area contributed by atoms with Gasteiger partial charge in [-0.3, -0.25) is 9.71 Å². The highest BCUT2D eigenvalue weighted by Crippen LogP contribution is 2.36. The van der Waals surface area contributed by atoms with Crippen LogP contribution in [0.15, 0.2) is 47.6 Å². The van der Waals surface area contributed by atoms with Crippen molar-refractivity contribution in [2.45, 2.75) is 50.7 Å². The van der Waals surface area contributed by atoms with E-state index in [4.69, 9.17) is 9.31 Å². The van der Waals surface area contributed by atoms with Crippen LogP contribution in [-0.2, 0) is 19.3 Å². The van der Waals surface area contributed by atoms with Gasteiger partial charge in [-0.25, -0.2) is 8.42 Å². The van der Waals surface area contributed by atoms with Crippen LogP contribution in [0.25, 0.3) is 0 Å². The molecular formula is C18H23BN2O4S. The Morgan fingerprint density at radius 2 is 1.58 bits per heavy atom. The number of nitrogens with one attached hydrogen (secondary N) is 1. The van der Waals surface area contributed by atoms with Crippen LogP contribution in [0.4, 0.5) is 5.69 Å². The quantitative estimate of drug-likeness (QED) is 0.832. The molecule has 8 heteroatoms. The lowest BCUT2D eigenvalue weighted by Gasteiger charge is -2.32. The van der Waals surface area contributed by atoms with Crippen molar-refractivity contribution in [3.8, 4) is 0 Å². The maximum Gasteiger partial charge on any atom is 0.496 e. The van der Waals surface area contributed by atoms with E-state index in [0.717, 1.165) is 5.56 Å². The standard InChI is InChI=1S/C18H23BN2O4S/c1-13-6-8-16(9-7-13)26(22,23)21-15-10-14(11-20-12-15)19-24-17(2,3)18(4,5)25-19/h6-12,21H,1-5H3. The van der Waals surface area contributed by atoms with E-state index >= 15 is 0 Å². The average Bonchev–Trinajstić information content (AvgIpc) is 2.76. The van der Waals surface area contributed by atoms with Gasteiger partial charge in [-0.1, -0.05) is 17.7 Å². The van der Waals surface area contributed by atoms with E-state index in [1.165, 1.54) is 6.20 Å². The van der Waals surface area contributed by atoms with Crippen molar-refractivity contribution in [2.24, 2.45) is 0 Å². The van der Waals surface area contributed by atoms with Gasteiger partial charge >= 0.3 is 7.12 Å². The molecule has 0 unspecified atom stereocenters. The molecular weight excluding hydrogens is 351 g/mol. The van der Waals surface area contributed by atoms with Crippen LogP contribution in [0.1, 0.15) is 33.3 Å². The summed E-state index contributed by atoms with van der Waals surface area (Å²) in [5, 5.41) is 0. The van der Waals surface area contributed by atoms with Crippen molar-refractivity contribution in [2.75, 3.05) is 4.72 Å². The largest absolute Gasteiger partial charge is 0.496 e. The third-order valence-corrected chi connectivity index (χ3v) is 6.27. The molecule has 0 bridgehead atoms. The predicted octanol–water partition coefficient (Wildman–Crippen LogP) is 2.49.